The van der Waals surface area contributed by atoms with Crippen LogP contribution in [0.15, 0.2) is 36.4 Å². The monoisotopic (exact) mass is 326 g/mol. The number of ether oxygens (including phenoxy) is 2. The predicted octanol–water partition coefficient (Wildman–Crippen LogP) is 3.56. The van der Waals surface area contributed by atoms with Crippen molar-refractivity contribution < 1.29 is 9.47 Å². The molecule has 21 heavy (non-hydrogen) atoms. The second kappa shape index (κ2) is 7.00. The van der Waals surface area contributed by atoms with Crippen molar-refractivity contribution in [1.82, 2.24) is 5.43 Å². The number of halogens is 2. The molecule has 0 aliphatic rings. The summed E-state index contributed by atoms with van der Waals surface area (Å²) in [5.74, 6) is 7.04. The molecule has 0 amide bonds. The lowest BCUT2D eigenvalue weighted by Gasteiger charge is -2.20. The molecule has 0 aromatic heterocycles. The third kappa shape index (κ3) is 3.41. The van der Waals surface area contributed by atoms with Gasteiger partial charge in [0.15, 0.2) is 0 Å². The first kappa shape index (κ1) is 15.9. The zero-order valence-corrected chi connectivity index (χ0v) is 13.2. The lowest BCUT2D eigenvalue weighted by Crippen LogP contribution is -2.29. The van der Waals surface area contributed by atoms with E-state index >= 15 is 0 Å². The van der Waals surface area contributed by atoms with Gasteiger partial charge in [-0.15, -0.1) is 0 Å². The van der Waals surface area contributed by atoms with Gasteiger partial charge in [0.1, 0.15) is 11.5 Å². The van der Waals surface area contributed by atoms with Gasteiger partial charge < -0.3 is 9.47 Å². The van der Waals surface area contributed by atoms with Crippen molar-refractivity contribution in [3.8, 4) is 11.5 Å². The van der Waals surface area contributed by atoms with Crippen molar-refractivity contribution in [2.75, 3.05) is 14.2 Å². The average molecular weight is 327 g/mol. The minimum absolute atomic E-state index is 0.333. The second-order valence-corrected chi connectivity index (χ2v) is 5.17. The van der Waals surface area contributed by atoms with E-state index in [4.69, 9.17) is 38.5 Å². The maximum atomic E-state index is 6.27. The molecule has 1 atom stereocenters. The minimum atomic E-state index is -0.333. The number of hydrazine groups is 1. The second-order valence-electron chi connectivity index (χ2n) is 4.39. The first-order valence-corrected chi connectivity index (χ1v) is 6.99. The molecular weight excluding hydrogens is 311 g/mol. The van der Waals surface area contributed by atoms with Crippen molar-refractivity contribution >= 4 is 23.2 Å². The van der Waals surface area contributed by atoms with E-state index in [0.29, 0.717) is 21.5 Å². The van der Waals surface area contributed by atoms with Crippen LogP contribution in [0.25, 0.3) is 0 Å². The Balaban J connectivity index is 2.53. The van der Waals surface area contributed by atoms with Crippen LogP contribution in [0.3, 0.4) is 0 Å². The molecule has 4 nitrogen and oxygen atoms in total. The van der Waals surface area contributed by atoms with Crippen LogP contribution < -0.4 is 20.7 Å². The molecule has 2 rings (SSSR count). The Morgan fingerprint density at radius 3 is 2.19 bits per heavy atom. The molecule has 1 unspecified atom stereocenters. The van der Waals surface area contributed by atoms with Gasteiger partial charge in [0.05, 0.1) is 30.3 Å². The highest BCUT2D eigenvalue weighted by Gasteiger charge is 2.18. The Hall–Kier alpha value is -1.46. The van der Waals surface area contributed by atoms with E-state index in [9.17, 15) is 0 Å². The lowest BCUT2D eigenvalue weighted by atomic mass is 9.98. The highest BCUT2D eigenvalue weighted by Crippen LogP contribution is 2.35. The summed E-state index contributed by atoms with van der Waals surface area (Å²) in [6.07, 6.45) is 0. The normalized spacial score (nSPS) is 12.0. The SMILES string of the molecule is COc1cc(OC)cc(C(NN)c2cccc(Cl)c2Cl)c1. The van der Waals surface area contributed by atoms with Crippen LogP contribution in [-0.4, -0.2) is 14.2 Å². The summed E-state index contributed by atoms with van der Waals surface area (Å²) in [4.78, 5) is 0. The summed E-state index contributed by atoms with van der Waals surface area (Å²) in [6, 6.07) is 10.6. The predicted molar refractivity (Wildman–Crippen MR) is 85.2 cm³/mol. The number of hydrogen-bond donors (Lipinski definition) is 2. The fraction of sp³-hybridized carbons (Fsp3) is 0.200. The van der Waals surface area contributed by atoms with E-state index in [2.05, 4.69) is 5.43 Å². The quantitative estimate of drug-likeness (QED) is 0.651. The third-order valence-electron chi connectivity index (χ3n) is 3.17. The van der Waals surface area contributed by atoms with Gasteiger partial charge >= 0.3 is 0 Å². The van der Waals surface area contributed by atoms with E-state index < -0.39 is 0 Å². The van der Waals surface area contributed by atoms with E-state index in [0.717, 1.165) is 11.1 Å². The fourth-order valence-corrected chi connectivity index (χ4v) is 2.52. The Bertz CT molecular complexity index is 613. The van der Waals surface area contributed by atoms with Crippen LogP contribution in [0, 0.1) is 0 Å². The third-order valence-corrected chi connectivity index (χ3v) is 4.00. The number of rotatable bonds is 5. The van der Waals surface area contributed by atoms with E-state index in [-0.39, 0.29) is 6.04 Å². The molecule has 0 saturated carbocycles. The molecule has 112 valence electrons. The first-order valence-electron chi connectivity index (χ1n) is 6.23. The Morgan fingerprint density at radius 1 is 1.05 bits per heavy atom. The molecule has 0 aliphatic carbocycles. The Labute approximate surface area is 133 Å². The maximum absolute atomic E-state index is 6.27. The topological polar surface area (TPSA) is 56.5 Å². The van der Waals surface area contributed by atoms with Gasteiger partial charge in [-0.25, -0.2) is 5.43 Å². The molecule has 0 bridgehead atoms. The van der Waals surface area contributed by atoms with Crippen LogP contribution in [0.4, 0.5) is 0 Å². The van der Waals surface area contributed by atoms with Gasteiger partial charge in [-0.3, -0.25) is 5.84 Å². The molecule has 3 N–H and O–H groups in total. The molecule has 0 aliphatic heterocycles. The van der Waals surface area contributed by atoms with Crippen LogP contribution in [0.2, 0.25) is 10.0 Å². The lowest BCUT2D eigenvalue weighted by molar-refractivity contribution is 0.392. The number of benzene rings is 2. The summed E-state index contributed by atoms with van der Waals surface area (Å²) in [5, 5.41) is 0.938. The molecule has 0 spiro atoms. The van der Waals surface area contributed by atoms with Gasteiger partial charge in [-0.05, 0) is 29.3 Å². The fourth-order valence-electron chi connectivity index (χ4n) is 2.11. The van der Waals surface area contributed by atoms with Gasteiger partial charge in [0.25, 0.3) is 0 Å². The van der Waals surface area contributed by atoms with Gasteiger partial charge in [0.2, 0.25) is 0 Å². The molecule has 0 fully saturated rings. The molecule has 6 heteroatoms. The first-order chi connectivity index (χ1) is 10.1. The standard InChI is InChI=1S/C15H16Cl2N2O2/c1-20-10-6-9(7-11(8-10)21-2)15(19-18)12-4-3-5-13(16)14(12)17/h3-8,15,19H,18H2,1-2H3. The van der Waals surface area contributed by atoms with Crippen molar-refractivity contribution in [2.24, 2.45) is 5.84 Å². The largest absolute Gasteiger partial charge is 0.497 e. The van der Waals surface area contributed by atoms with E-state index in [1.54, 1.807) is 26.4 Å². The van der Waals surface area contributed by atoms with Crippen LogP contribution in [0.1, 0.15) is 17.2 Å². The molecular formula is C15H16Cl2N2O2. The van der Waals surface area contributed by atoms with Crippen LogP contribution in [0.5, 0.6) is 11.5 Å². The molecule has 2 aromatic rings. The zero-order valence-electron chi connectivity index (χ0n) is 11.7. The summed E-state index contributed by atoms with van der Waals surface area (Å²) >= 11 is 12.3. The number of hydrogen-bond acceptors (Lipinski definition) is 4. The van der Waals surface area contributed by atoms with Crippen molar-refractivity contribution in [1.29, 1.82) is 0 Å². The highest BCUT2D eigenvalue weighted by molar-refractivity contribution is 6.42. The van der Waals surface area contributed by atoms with Crippen molar-refractivity contribution in [2.45, 2.75) is 6.04 Å². The highest BCUT2D eigenvalue weighted by atomic mass is 35.5. The zero-order chi connectivity index (χ0) is 15.4. The number of nitrogens with one attached hydrogen (secondary N) is 1. The Kier molecular flexibility index (Phi) is 5.31. The number of nitrogens with two attached hydrogens (primary N) is 1. The van der Waals surface area contributed by atoms with Crippen LogP contribution >= 0.6 is 23.2 Å². The molecule has 0 saturated heterocycles. The van der Waals surface area contributed by atoms with Gasteiger partial charge in [-0.2, -0.15) is 0 Å². The summed E-state index contributed by atoms with van der Waals surface area (Å²) in [5.41, 5.74) is 4.39. The van der Waals surface area contributed by atoms with Crippen molar-refractivity contribution in [3.63, 3.8) is 0 Å². The van der Waals surface area contributed by atoms with E-state index in [1.165, 1.54) is 0 Å². The summed E-state index contributed by atoms with van der Waals surface area (Å²) < 4.78 is 10.5. The minimum Gasteiger partial charge on any atom is -0.497 e. The van der Waals surface area contributed by atoms with Gasteiger partial charge in [-0.1, -0.05) is 35.3 Å². The summed E-state index contributed by atoms with van der Waals surface area (Å²) in [6.45, 7) is 0. The molecule has 0 heterocycles. The average Bonchev–Trinajstić information content (AvgIpc) is 2.51. The van der Waals surface area contributed by atoms with E-state index in [1.807, 2.05) is 24.3 Å². The van der Waals surface area contributed by atoms with Crippen LogP contribution in [-0.2, 0) is 0 Å². The maximum Gasteiger partial charge on any atom is 0.122 e. The molecule has 0 radical (unpaired) electrons. The Morgan fingerprint density at radius 2 is 1.67 bits per heavy atom. The molecule has 2 aromatic carbocycles. The van der Waals surface area contributed by atoms with Crippen molar-refractivity contribution in [3.05, 3.63) is 57.6 Å². The smallest absolute Gasteiger partial charge is 0.122 e. The summed E-state index contributed by atoms with van der Waals surface area (Å²) in [7, 11) is 3.19. The number of methoxy groups -OCH3 is 2. The van der Waals surface area contributed by atoms with Gasteiger partial charge in [0, 0.05) is 6.07 Å².